The van der Waals surface area contributed by atoms with E-state index in [0.717, 1.165) is 0 Å². The van der Waals surface area contributed by atoms with Gasteiger partial charge in [0.15, 0.2) is 5.92 Å². The minimum Gasteiger partial charge on any atom is -1.00 e. The average molecular weight is 237 g/mol. The second-order valence-corrected chi connectivity index (χ2v) is 3.17. The average Bonchev–Trinajstić information content (AvgIpc) is 1.95. The Kier molecular flexibility index (Phi) is 16.1. The molecule has 0 atom stereocenters. The zero-order valence-electron chi connectivity index (χ0n) is 11.9. The number of aliphatic carboxylic acids is 2. The molecular formula is C8H17NNa2O4. The summed E-state index contributed by atoms with van der Waals surface area (Å²) < 4.78 is 0. The number of nitrogens with zero attached hydrogens (tertiary/aromatic N) is 1. The molecule has 0 spiro atoms. The number of hydrogen-bond acceptors (Lipinski definition) is 3. The first-order chi connectivity index (χ1) is 5.95. The van der Waals surface area contributed by atoms with E-state index in [9.17, 15) is 9.59 Å². The van der Waals surface area contributed by atoms with Gasteiger partial charge < -0.3 is 18.0 Å². The Bertz CT molecular complexity index is 194. The minimum absolute atomic E-state index is 0. The van der Waals surface area contributed by atoms with Crippen LogP contribution in [0.5, 0.6) is 0 Å². The Morgan fingerprint density at radius 3 is 1.87 bits per heavy atom. The van der Waals surface area contributed by atoms with Crippen LogP contribution in [-0.4, -0.2) is 47.7 Å². The maximum absolute atomic E-state index is 10.4. The molecule has 0 amide bonds. The van der Waals surface area contributed by atoms with E-state index in [1.165, 1.54) is 0 Å². The van der Waals surface area contributed by atoms with Crippen molar-refractivity contribution in [3.63, 3.8) is 0 Å². The summed E-state index contributed by atoms with van der Waals surface area (Å²) >= 11 is 0. The van der Waals surface area contributed by atoms with Crippen molar-refractivity contribution in [1.29, 1.82) is 0 Å². The van der Waals surface area contributed by atoms with Gasteiger partial charge in [0.1, 0.15) is 0 Å². The topological polar surface area (TPSA) is 77.8 Å². The maximum Gasteiger partial charge on any atom is 1.00 e. The van der Waals surface area contributed by atoms with E-state index in [-0.39, 0.29) is 68.4 Å². The van der Waals surface area contributed by atoms with Crippen LogP contribution in [0.15, 0.2) is 0 Å². The molecule has 7 heteroatoms. The quantitative estimate of drug-likeness (QED) is 0.356. The van der Waals surface area contributed by atoms with Gasteiger partial charge in [0.05, 0.1) is 0 Å². The van der Waals surface area contributed by atoms with Crippen LogP contribution < -0.4 is 59.1 Å². The third kappa shape index (κ3) is 11.2. The van der Waals surface area contributed by atoms with Crippen LogP contribution in [0, 0.1) is 5.92 Å². The second-order valence-electron chi connectivity index (χ2n) is 3.17. The Morgan fingerprint density at radius 2 is 1.60 bits per heavy atom. The van der Waals surface area contributed by atoms with Gasteiger partial charge in [-0.25, -0.2) is 0 Å². The van der Waals surface area contributed by atoms with Gasteiger partial charge in [0.2, 0.25) is 0 Å². The molecule has 0 bridgehead atoms. The van der Waals surface area contributed by atoms with Crippen LogP contribution in [0.3, 0.4) is 0 Å². The molecule has 80 valence electrons. The van der Waals surface area contributed by atoms with Crippen LogP contribution in [-0.2, 0) is 9.59 Å². The van der Waals surface area contributed by atoms with E-state index in [4.69, 9.17) is 10.2 Å². The van der Waals surface area contributed by atoms with Gasteiger partial charge >= 0.3 is 71.1 Å². The summed E-state index contributed by atoms with van der Waals surface area (Å²) in [5.41, 5.74) is 0. The second kappa shape index (κ2) is 11.4. The van der Waals surface area contributed by atoms with Crippen LogP contribution in [0.1, 0.15) is 15.7 Å². The SMILES string of the molecule is CN(C)CCCC(C(=O)O)C(=O)O.[H-].[H-].[Na+].[Na+]. The minimum atomic E-state index is -1.26. The summed E-state index contributed by atoms with van der Waals surface area (Å²) in [4.78, 5) is 22.7. The number of carbonyl (C=O) groups is 2. The van der Waals surface area contributed by atoms with Crippen molar-refractivity contribution in [3.05, 3.63) is 0 Å². The molecule has 15 heavy (non-hydrogen) atoms. The van der Waals surface area contributed by atoms with Gasteiger partial charge in [0.25, 0.3) is 0 Å². The fourth-order valence-electron chi connectivity index (χ4n) is 0.964. The van der Waals surface area contributed by atoms with Crippen molar-refractivity contribution >= 4 is 11.9 Å². The van der Waals surface area contributed by atoms with Crippen molar-refractivity contribution in [2.75, 3.05) is 20.6 Å². The van der Waals surface area contributed by atoms with Crippen LogP contribution >= 0.6 is 0 Å². The Hall–Kier alpha value is 0.900. The fraction of sp³-hybridized carbons (Fsp3) is 0.750. The Morgan fingerprint density at radius 1 is 1.20 bits per heavy atom. The molecule has 0 aromatic rings. The van der Waals surface area contributed by atoms with Gasteiger partial charge in [-0.2, -0.15) is 0 Å². The predicted octanol–water partition coefficient (Wildman–Crippen LogP) is -5.65. The summed E-state index contributed by atoms with van der Waals surface area (Å²) in [5, 5.41) is 17.0. The van der Waals surface area contributed by atoms with Crippen molar-refractivity contribution in [1.82, 2.24) is 4.90 Å². The van der Waals surface area contributed by atoms with E-state index in [1.54, 1.807) is 0 Å². The molecule has 0 aliphatic rings. The smallest absolute Gasteiger partial charge is 1.00 e. The molecule has 0 heterocycles. The fourth-order valence-corrected chi connectivity index (χ4v) is 0.964. The molecule has 0 fully saturated rings. The Labute approximate surface area is 137 Å². The molecule has 0 aliphatic heterocycles. The molecule has 0 radical (unpaired) electrons. The summed E-state index contributed by atoms with van der Waals surface area (Å²) in [7, 11) is 3.72. The largest absolute Gasteiger partial charge is 1.00 e. The van der Waals surface area contributed by atoms with E-state index in [0.29, 0.717) is 13.0 Å². The summed E-state index contributed by atoms with van der Waals surface area (Å²) in [6.45, 7) is 0.705. The number of carboxylic acids is 2. The molecule has 5 nitrogen and oxygen atoms in total. The molecule has 0 saturated heterocycles. The first-order valence-corrected chi connectivity index (χ1v) is 4.05. The van der Waals surface area contributed by atoms with Crippen molar-refractivity contribution in [3.8, 4) is 0 Å². The van der Waals surface area contributed by atoms with E-state index in [1.807, 2.05) is 19.0 Å². The van der Waals surface area contributed by atoms with Crippen molar-refractivity contribution in [2.45, 2.75) is 12.8 Å². The van der Waals surface area contributed by atoms with Gasteiger partial charge in [-0.05, 0) is 33.5 Å². The Balaban J connectivity index is -0.000000120. The molecular weight excluding hydrogens is 220 g/mol. The molecule has 0 saturated carbocycles. The van der Waals surface area contributed by atoms with Crippen LogP contribution in [0.4, 0.5) is 0 Å². The van der Waals surface area contributed by atoms with Gasteiger partial charge in [0, 0.05) is 0 Å². The monoisotopic (exact) mass is 237 g/mol. The molecule has 0 aliphatic carbocycles. The van der Waals surface area contributed by atoms with E-state index in [2.05, 4.69) is 0 Å². The molecule has 0 rings (SSSR count). The van der Waals surface area contributed by atoms with Gasteiger partial charge in [-0.3, -0.25) is 9.59 Å². The standard InChI is InChI=1S/C8H15NO4.2Na.2H/c1-9(2)5-3-4-6(7(10)11)8(12)13;;;;/h6H,3-5H2,1-2H3,(H,10,11)(H,12,13);;;;/q;2*+1;2*-1. The zero-order valence-corrected chi connectivity index (χ0v) is 13.9. The normalized spacial score (nSPS) is 9.33. The van der Waals surface area contributed by atoms with E-state index >= 15 is 0 Å². The predicted molar refractivity (Wildman–Crippen MR) is 48.8 cm³/mol. The van der Waals surface area contributed by atoms with Crippen LogP contribution in [0.25, 0.3) is 0 Å². The number of carboxylic acid groups (broad SMARTS) is 2. The molecule has 0 unspecified atom stereocenters. The zero-order chi connectivity index (χ0) is 10.4. The molecule has 0 aromatic carbocycles. The summed E-state index contributed by atoms with van der Waals surface area (Å²) in [6, 6.07) is 0. The third-order valence-electron chi connectivity index (χ3n) is 1.69. The van der Waals surface area contributed by atoms with Gasteiger partial charge in [-0.15, -0.1) is 0 Å². The maximum atomic E-state index is 10.4. The first-order valence-electron chi connectivity index (χ1n) is 4.05. The third-order valence-corrected chi connectivity index (χ3v) is 1.69. The van der Waals surface area contributed by atoms with Crippen molar-refractivity contribution in [2.24, 2.45) is 5.92 Å². The first kappa shape index (κ1) is 21.2. The molecule has 0 aromatic heterocycles. The number of rotatable bonds is 6. The summed E-state index contributed by atoms with van der Waals surface area (Å²) in [5.74, 6) is -3.78. The number of hydrogen-bond donors (Lipinski definition) is 2. The molecule has 2 N–H and O–H groups in total. The van der Waals surface area contributed by atoms with E-state index < -0.39 is 17.9 Å². The van der Waals surface area contributed by atoms with Crippen LogP contribution in [0.2, 0.25) is 0 Å². The van der Waals surface area contributed by atoms with Gasteiger partial charge in [-0.1, -0.05) is 0 Å². The summed E-state index contributed by atoms with van der Waals surface area (Å²) in [6.07, 6.45) is 0.763. The van der Waals surface area contributed by atoms with Crippen molar-refractivity contribution < 1.29 is 81.8 Å².